The summed E-state index contributed by atoms with van der Waals surface area (Å²) in [6.07, 6.45) is 7.48. The van der Waals surface area contributed by atoms with Crippen LogP contribution in [-0.4, -0.2) is 56.4 Å². The highest BCUT2D eigenvalue weighted by molar-refractivity contribution is 5.99. The van der Waals surface area contributed by atoms with E-state index < -0.39 is 0 Å². The number of aromatic nitrogens is 4. The van der Waals surface area contributed by atoms with Crippen molar-refractivity contribution in [3.05, 3.63) is 36.3 Å². The van der Waals surface area contributed by atoms with E-state index in [1.807, 2.05) is 13.0 Å². The van der Waals surface area contributed by atoms with E-state index in [1.165, 1.54) is 6.42 Å². The predicted molar refractivity (Wildman–Crippen MR) is 101 cm³/mol. The summed E-state index contributed by atoms with van der Waals surface area (Å²) < 4.78 is 0. The molecule has 26 heavy (non-hydrogen) atoms. The number of piperidine rings is 1. The number of likely N-dealkylation sites (tertiary alicyclic amines) is 1. The summed E-state index contributed by atoms with van der Waals surface area (Å²) in [5.41, 5.74) is 1.85. The van der Waals surface area contributed by atoms with E-state index in [2.05, 4.69) is 37.4 Å². The minimum Gasteiger partial charge on any atom is -0.506 e. The van der Waals surface area contributed by atoms with Gasteiger partial charge in [-0.3, -0.25) is 9.97 Å². The number of nitrogens with one attached hydrogen (secondary N) is 1. The van der Waals surface area contributed by atoms with Gasteiger partial charge in [-0.05, 0) is 51.1 Å². The fraction of sp³-hybridized carbons (Fsp3) is 0.368. The molecule has 3 aromatic heterocycles. The van der Waals surface area contributed by atoms with Gasteiger partial charge < -0.3 is 15.3 Å². The Morgan fingerprint density at radius 1 is 1.19 bits per heavy atom. The van der Waals surface area contributed by atoms with Crippen LogP contribution in [0.3, 0.4) is 0 Å². The second-order valence-electron chi connectivity index (χ2n) is 6.94. The molecule has 0 bridgehead atoms. The average molecular weight is 350 g/mol. The average Bonchev–Trinajstić information content (AvgIpc) is 2.63. The molecule has 2 N–H and O–H groups in total. The van der Waals surface area contributed by atoms with Gasteiger partial charge in [0, 0.05) is 41.9 Å². The standard InChI is InChI=1S/C19H22N6O/c1-12-8-16(26)18(21-9-12)17-15-10-20-6-5-14(15)19(24-23-17)22-13-4-3-7-25(2)11-13/h5-6,8-10,13,26H,3-4,7,11H2,1-2H3,(H,22,24). The van der Waals surface area contributed by atoms with Gasteiger partial charge in [0.05, 0.1) is 0 Å². The predicted octanol–water partition coefficient (Wildman–Crippen LogP) is 2.61. The molecule has 1 fully saturated rings. The molecule has 3 aromatic rings. The third-order valence-corrected chi connectivity index (χ3v) is 4.78. The first kappa shape index (κ1) is 16.7. The Bertz CT molecular complexity index is 944. The van der Waals surface area contributed by atoms with Crippen molar-refractivity contribution in [1.82, 2.24) is 25.1 Å². The maximum atomic E-state index is 10.3. The summed E-state index contributed by atoms with van der Waals surface area (Å²) >= 11 is 0. The molecule has 4 heterocycles. The van der Waals surface area contributed by atoms with Crippen LogP contribution in [-0.2, 0) is 0 Å². The summed E-state index contributed by atoms with van der Waals surface area (Å²) in [5, 5.41) is 24.3. The van der Waals surface area contributed by atoms with Gasteiger partial charge in [0.25, 0.3) is 0 Å². The monoisotopic (exact) mass is 350 g/mol. The van der Waals surface area contributed by atoms with Crippen molar-refractivity contribution in [2.75, 3.05) is 25.5 Å². The van der Waals surface area contributed by atoms with Crippen LogP contribution >= 0.6 is 0 Å². The molecule has 0 saturated carbocycles. The van der Waals surface area contributed by atoms with Crippen molar-refractivity contribution in [1.29, 1.82) is 0 Å². The first-order valence-corrected chi connectivity index (χ1v) is 8.83. The van der Waals surface area contributed by atoms with Crippen molar-refractivity contribution in [3.8, 4) is 17.1 Å². The van der Waals surface area contributed by atoms with Crippen molar-refractivity contribution in [2.24, 2.45) is 0 Å². The number of likely N-dealkylation sites (N-methyl/N-ethyl adjacent to an activating group) is 1. The molecular weight excluding hydrogens is 328 g/mol. The molecule has 7 nitrogen and oxygen atoms in total. The zero-order chi connectivity index (χ0) is 18.1. The molecule has 0 aromatic carbocycles. The molecule has 1 atom stereocenters. The lowest BCUT2D eigenvalue weighted by Crippen LogP contribution is -2.40. The van der Waals surface area contributed by atoms with Crippen LogP contribution in [0.25, 0.3) is 22.2 Å². The first-order chi connectivity index (χ1) is 12.6. The van der Waals surface area contributed by atoms with Gasteiger partial charge in [0.2, 0.25) is 0 Å². The van der Waals surface area contributed by atoms with Gasteiger partial charge in [-0.2, -0.15) is 0 Å². The van der Waals surface area contributed by atoms with Crippen LogP contribution in [0.15, 0.2) is 30.7 Å². The number of anilines is 1. The summed E-state index contributed by atoms with van der Waals surface area (Å²) in [4.78, 5) is 10.9. The summed E-state index contributed by atoms with van der Waals surface area (Å²) in [6.45, 7) is 4.00. The molecule has 1 aliphatic heterocycles. The number of aromatic hydroxyl groups is 1. The zero-order valence-corrected chi connectivity index (χ0v) is 15.0. The Kier molecular flexibility index (Phi) is 4.38. The normalized spacial score (nSPS) is 18.2. The van der Waals surface area contributed by atoms with Gasteiger partial charge in [-0.25, -0.2) is 0 Å². The number of pyridine rings is 2. The number of hydrogen-bond donors (Lipinski definition) is 2. The molecule has 0 radical (unpaired) electrons. The zero-order valence-electron chi connectivity index (χ0n) is 15.0. The lowest BCUT2D eigenvalue weighted by molar-refractivity contribution is 0.261. The van der Waals surface area contributed by atoms with Gasteiger partial charge >= 0.3 is 0 Å². The topological polar surface area (TPSA) is 87.1 Å². The number of nitrogens with zero attached hydrogens (tertiary/aromatic N) is 5. The van der Waals surface area contributed by atoms with Crippen molar-refractivity contribution >= 4 is 16.6 Å². The quantitative estimate of drug-likeness (QED) is 0.751. The SMILES string of the molecule is Cc1cnc(-c2nnc(NC3CCCN(C)C3)c3ccncc23)c(O)c1. The second kappa shape index (κ2) is 6.84. The van der Waals surface area contributed by atoms with Crippen LogP contribution in [0.4, 0.5) is 5.82 Å². The molecule has 1 aliphatic rings. The molecule has 0 amide bonds. The van der Waals surface area contributed by atoms with Crippen molar-refractivity contribution in [3.63, 3.8) is 0 Å². The molecule has 0 aliphatic carbocycles. The Morgan fingerprint density at radius 3 is 2.88 bits per heavy atom. The smallest absolute Gasteiger partial charge is 0.156 e. The Balaban J connectivity index is 1.76. The number of hydrogen-bond acceptors (Lipinski definition) is 7. The molecule has 4 rings (SSSR count). The highest BCUT2D eigenvalue weighted by Gasteiger charge is 2.20. The third kappa shape index (κ3) is 3.17. The van der Waals surface area contributed by atoms with Gasteiger partial charge in [-0.1, -0.05) is 0 Å². The van der Waals surface area contributed by atoms with E-state index in [-0.39, 0.29) is 5.75 Å². The van der Waals surface area contributed by atoms with E-state index >= 15 is 0 Å². The van der Waals surface area contributed by atoms with E-state index in [0.29, 0.717) is 17.4 Å². The second-order valence-corrected chi connectivity index (χ2v) is 6.94. The molecule has 1 saturated heterocycles. The molecular formula is C19H22N6O. The lowest BCUT2D eigenvalue weighted by Gasteiger charge is -2.30. The van der Waals surface area contributed by atoms with Gasteiger partial charge in [0.15, 0.2) is 5.82 Å². The summed E-state index contributed by atoms with van der Waals surface area (Å²) in [7, 11) is 2.14. The van der Waals surface area contributed by atoms with Crippen LogP contribution in [0.5, 0.6) is 5.75 Å². The summed E-state index contributed by atoms with van der Waals surface area (Å²) in [5.74, 6) is 0.845. The van der Waals surface area contributed by atoms with E-state index in [4.69, 9.17) is 0 Å². The van der Waals surface area contributed by atoms with E-state index in [9.17, 15) is 5.11 Å². The van der Waals surface area contributed by atoms with Crippen LogP contribution in [0.2, 0.25) is 0 Å². The number of rotatable bonds is 3. The van der Waals surface area contributed by atoms with Gasteiger partial charge in [0.1, 0.15) is 17.1 Å². The Morgan fingerprint density at radius 2 is 2.08 bits per heavy atom. The highest BCUT2D eigenvalue weighted by Crippen LogP contribution is 2.33. The number of aryl methyl sites for hydroxylation is 1. The largest absolute Gasteiger partial charge is 0.506 e. The third-order valence-electron chi connectivity index (χ3n) is 4.78. The van der Waals surface area contributed by atoms with E-state index in [1.54, 1.807) is 24.7 Å². The van der Waals surface area contributed by atoms with Crippen molar-refractivity contribution < 1.29 is 5.11 Å². The van der Waals surface area contributed by atoms with Crippen LogP contribution in [0.1, 0.15) is 18.4 Å². The molecule has 7 heteroatoms. The fourth-order valence-electron chi connectivity index (χ4n) is 3.49. The minimum atomic E-state index is 0.0964. The summed E-state index contributed by atoms with van der Waals surface area (Å²) in [6, 6.07) is 3.94. The molecule has 1 unspecified atom stereocenters. The highest BCUT2D eigenvalue weighted by atomic mass is 16.3. The fourth-order valence-corrected chi connectivity index (χ4v) is 3.49. The van der Waals surface area contributed by atoms with Crippen molar-refractivity contribution in [2.45, 2.75) is 25.8 Å². The van der Waals surface area contributed by atoms with Crippen LogP contribution in [0, 0.1) is 6.92 Å². The Labute approximate surface area is 152 Å². The number of fused-ring (bicyclic) bond motifs is 1. The first-order valence-electron chi connectivity index (χ1n) is 8.83. The molecule has 0 spiro atoms. The maximum Gasteiger partial charge on any atom is 0.156 e. The van der Waals surface area contributed by atoms with Crippen LogP contribution < -0.4 is 5.32 Å². The minimum absolute atomic E-state index is 0.0964. The van der Waals surface area contributed by atoms with Gasteiger partial charge in [-0.15, -0.1) is 10.2 Å². The Hall–Kier alpha value is -2.80. The maximum absolute atomic E-state index is 10.3. The lowest BCUT2D eigenvalue weighted by atomic mass is 10.1. The molecule has 134 valence electrons. The van der Waals surface area contributed by atoms with E-state index in [0.717, 1.165) is 41.7 Å².